The van der Waals surface area contributed by atoms with Crippen LogP contribution in [-0.4, -0.2) is 78.5 Å². The molecule has 4 N–H and O–H groups in total. The molecule has 6 rings (SSSR count). The maximum atomic E-state index is 12.5. The van der Waals surface area contributed by atoms with Gasteiger partial charge >= 0.3 is 6.09 Å². The van der Waals surface area contributed by atoms with Gasteiger partial charge in [0.15, 0.2) is 18.2 Å². The van der Waals surface area contributed by atoms with Crippen LogP contribution in [0, 0.1) is 0 Å². The maximum absolute atomic E-state index is 12.5. The van der Waals surface area contributed by atoms with Crippen LogP contribution < -0.4 is 30.3 Å². The molecule has 220 valence electrons. The van der Waals surface area contributed by atoms with E-state index < -0.39 is 6.09 Å². The van der Waals surface area contributed by atoms with Crippen molar-refractivity contribution in [3.05, 3.63) is 60.2 Å². The molecule has 2 saturated heterocycles. The summed E-state index contributed by atoms with van der Waals surface area (Å²) < 4.78 is 16.7. The number of benzene rings is 1. The molecule has 1 aromatic carbocycles. The third-order valence-corrected chi connectivity index (χ3v) is 6.89. The molecule has 0 radical (unpaired) electrons. The number of hydrogen-bond donors (Lipinski definition) is 4. The summed E-state index contributed by atoms with van der Waals surface area (Å²) in [4.78, 5) is 42.9. The first kappa shape index (κ1) is 28.8. The number of fused-ring (bicyclic) bond motifs is 1. The molecule has 42 heavy (non-hydrogen) atoms. The van der Waals surface area contributed by atoms with Crippen LogP contribution in [-0.2, 0) is 20.9 Å². The number of amides is 2. The summed E-state index contributed by atoms with van der Waals surface area (Å²) in [5.41, 5.74) is 3.03. The number of carboxylic acid groups (broad SMARTS) is 1. The van der Waals surface area contributed by atoms with E-state index in [2.05, 4.69) is 38.1 Å². The summed E-state index contributed by atoms with van der Waals surface area (Å²) in [6, 6.07) is 17.9. The van der Waals surface area contributed by atoms with E-state index in [1.54, 1.807) is 12.1 Å². The molecule has 0 bridgehead atoms. The second-order valence-electron chi connectivity index (χ2n) is 9.85. The monoisotopic (exact) mass is 576 g/mol. The number of rotatable bonds is 10. The van der Waals surface area contributed by atoms with E-state index in [9.17, 15) is 9.59 Å². The second-order valence-corrected chi connectivity index (χ2v) is 9.85. The number of cyclic esters (lactones) is 1. The topological polar surface area (TPSA) is 164 Å². The second kappa shape index (κ2) is 13.7. The zero-order valence-corrected chi connectivity index (χ0v) is 22.8. The molecule has 0 spiro atoms. The van der Waals surface area contributed by atoms with Crippen LogP contribution in [0.5, 0.6) is 11.6 Å². The fourth-order valence-electron chi connectivity index (χ4n) is 4.63. The van der Waals surface area contributed by atoms with E-state index in [1.807, 2.05) is 30.3 Å². The fourth-order valence-corrected chi connectivity index (χ4v) is 4.63. The van der Waals surface area contributed by atoms with Crippen molar-refractivity contribution in [2.45, 2.75) is 31.5 Å². The zero-order valence-electron chi connectivity index (χ0n) is 22.8. The summed E-state index contributed by atoms with van der Waals surface area (Å²) in [7, 11) is 0. The van der Waals surface area contributed by atoms with Crippen LogP contribution in [0.3, 0.4) is 0 Å². The molecule has 0 aliphatic carbocycles. The number of carbonyl (C=O) groups is 3. The molecule has 3 aliphatic heterocycles. The third kappa shape index (κ3) is 7.30. The van der Waals surface area contributed by atoms with E-state index in [0.29, 0.717) is 62.0 Å². The minimum atomic E-state index is -0.453. The number of anilines is 2. The first-order valence-electron chi connectivity index (χ1n) is 13.7. The van der Waals surface area contributed by atoms with Gasteiger partial charge in [-0.15, -0.1) is 0 Å². The minimum absolute atomic E-state index is 0.0450. The number of aromatic nitrogens is 2. The van der Waals surface area contributed by atoms with E-state index in [-0.39, 0.29) is 25.1 Å². The lowest BCUT2D eigenvalue weighted by molar-refractivity contribution is -0.123. The van der Waals surface area contributed by atoms with E-state index >= 15 is 0 Å². The van der Waals surface area contributed by atoms with Crippen molar-refractivity contribution in [1.82, 2.24) is 20.6 Å². The largest absolute Gasteiger partial charge is 0.483 e. The average Bonchev–Trinajstić information content (AvgIpc) is 3.35. The van der Waals surface area contributed by atoms with E-state index in [4.69, 9.17) is 24.1 Å². The van der Waals surface area contributed by atoms with Crippen molar-refractivity contribution in [3.63, 3.8) is 0 Å². The van der Waals surface area contributed by atoms with Gasteiger partial charge in [-0.1, -0.05) is 24.3 Å². The molecule has 13 nitrogen and oxygen atoms in total. The number of pyridine rings is 2. The number of nitrogens with one attached hydrogen (secondary N) is 3. The first-order valence-corrected chi connectivity index (χ1v) is 13.7. The highest BCUT2D eigenvalue weighted by Crippen LogP contribution is 2.30. The van der Waals surface area contributed by atoms with Gasteiger partial charge < -0.3 is 35.3 Å². The molecular weight excluding hydrogens is 544 g/mol. The number of hydrogen-bond acceptors (Lipinski definition) is 10. The predicted octanol–water partition coefficient (Wildman–Crippen LogP) is 2.42. The van der Waals surface area contributed by atoms with Crippen LogP contribution in [0.25, 0.3) is 11.3 Å². The van der Waals surface area contributed by atoms with E-state index in [1.165, 1.54) is 4.90 Å². The molecule has 2 amide bonds. The van der Waals surface area contributed by atoms with Crippen molar-refractivity contribution in [2.24, 2.45) is 0 Å². The Bertz CT molecular complexity index is 1420. The van der Waals surface area contributed by atoms with Crippen molar-refractivity contribution in [1.29, 1.82) is 0 Å². The van der Waals surface area contributed by atoms with Gasteiger partial charge in [0.25, 0.3) is 12.4 Å². The lowest BCUT2D eigenvalue weighted by atomic mass is 10.1. The summed E-state index contributed by atoms with van der Waals surface area (Å²) in [6.07, 6.45) is 1.08. The lowest BCUT2D eigenvalue weighted by Crippen LogP contribution is -2.46. The van der Waals surface area contributed by atoms with Crippen LogP contribution in [0.1, 0.15) is 18.4 Å². The molecule has 2 fully saturated rings. The van der Waals surface area contributed by atoms with Gasteiger partial charge in [-0.05, 0) is 55.8 Å². The number of ether oxygens (including phenoxy) is 3. The van der Waals surface area contributed by atoms with Gasteiger partial charge in [0.1, 0.15) is 18.5 Å². The SMILES string of the molecule is O=C1COc2ccc(N3CC(CCNCc4cccc(-c5cccc(OCC6CCN6)n5)c4)OC3=O)nc2N1.O=CO. The quantitative estimate of drug-likeness (QED) is 0.207. The van der Waals surface area contributed by atoms with Crippen molar-refractivity contribution in [3.8, 4) is 22.9 Å². The van der Waals surface area contributed by atoms with Crippen LogP contribution in [0.2, 0.25) is 0 Å². The molecule has 13 heteroatoms. The minimum Gasteiger partial charge on any atom is -0.483 e. The van der Waals surface area contributed by atoms with Gasteiger partial charge in [0, 0.05) is 24.2 Å². The van der Waals surface area contributed by atoms with Gasteiger partial charge in [0.2, 0.25) is 5.88 Å². The Morgan fingerprint density at radius 2 is 1.98 bits per heavy atom. The fraction of sp³-hybridized carbons (Fsp3) is 0.345. The smallest absolute Gasteiger partial charge is 0.415 e. The standard InChI is InChI=1S/C28H30N6O5.CH2O2/c35-25-17-37-23-7-8-24(32-27(23)33-25)34-15-21(39-28(34)36)10-11-29-14-18-3-1-4-19(13-18)22-5-2-6-26(31-22)38-16-20-9-12-30-20;2-1-3/h1-8,13,20-21,29-30H,9-12,14-17H2,(H,32,33,35);1H,(H,2,3). The maximum Gasteiger partial charge on any atom is 0.415 e. The Morgan fingerprint density at radius 3 is 2.79 bits per heavy atom. The normalized spacial score (nSPS) is 18.8. The van der Waals surface area contributed by atoms with E-state index in [0.717, 1.165) is 29.8 Å². The van der Waals surface area contributed by atoms with Crippen molar-refractivity contribution in [2.75, 3.05) is 43.1 Å². The van der Waals surface area contributed by atoms with Crippen LogP contribution >= 0.6 is 0 Å². The highest BCUT2D eigenvalue weighted by atomic mass is 16.6. The number of nitrogens with zero attached hydrogens (tertiary/aromatic N) is 3. The van der Waals surface area contributed by atoms with Gasteiger partial charge in [-0.2, -0.15) is 0 Å². The summed E-state index contributed by atoms with van der Waals surface area (Å²) in [5.74, 6) is 1.56. The van der Waals surface area contributed by atoms with Gasteiger partial charge in [0.05, 0.1) is 12.2 Å². The molecule has 3 aliphatic rings. The third-order valence-electron chi connectivity index (χ3n) is 6.89. The number of carbonyl (C=O) groups excluding carboxylic acids is 2. The summed E-state index contributed by atoms with van der Waals surface area (Å²) in [5, 5.41) is 16.3. The molecular formula is C29H32N6O7. The zero-order chi connectivity index (χ0) is 29.3. The van der Waals surface area contributed by atoms with Crippen LogP contribution in [0.4, 0.5) is 16.4 Å². The Kier molecular flexibility index (Phi) is 9.41. The van der Waals surface area contributed by atoms with Crippen LogP contribution in [0.15, 0.2) is 54.6 Å². The van der Waals surface area contributed by atoms with Crippen molar-refractivity contribution >= 4 is 30.1 Å². The van der Waals surface area contributed by atoms with Crippen molar-refractivity contribution < 1.29 is 33.7 Å². The van der Waals surface area contributed by atoms with Gasteiger partial charge in [-0.3, -0.25) is 14.5 Å². The summed E-state index contributed by atoms with van der Waals surface area (Å²) >= 11 is 0. The average molecular weight is 577 g/mol. The Hall–Kier alpha value is -4.75. The Balaban J connectivity index is 0.00000113. The lowest BCUT2D eigenvalue weighted by Gasteiger charge is -2.27. The molecule has 5 heterocycles. The highest BCUT2D eigenvalue weighted by molar-refractivity contribution is 5.95. The first-order chi connectivity index (χ1) is 20.5. The molecule has 2 aromatic heterocycles. The molecule has 3 aromatic rings. The molecule has 2 atom stereocenters. The molecule has 2 unspecified atom stereocenters. The van der Waals surface area contributed by atoms with Gasteiger partial charge in [-0.25, -0.2) is 14.8 Å². The summed E-state index contributed by atoms with van der Waals surface area (Å²) in [6.45, 7) is 3.12. The molecule has 0 saturated carbocycles. The Morgan fingerprint density at radius 1 is 1.14 bits per heavy atom. The predicted molar refractivity (Wildman–Crippen MR) is 153 cm³/mol. The Labute approximate surface area is 242 Å². The highest BCUT2D eigenvalue weighted by Gasteiger charge is 2.33.